The predicted molar refractivity (Wildman–Crippen MR) is 98.5 cm³/mol. The van der Waals surface area contributed by atoms with E-state index in [1.807, 2.05) is 22.7 Å². The Morgan fingerprint density at radius 1 is 0.963 bits per heavy atom. The van der Waals surface area contributed by atoms with Crippen molar-refractivity contribution in [3.63, 3.8) is 0 Å². The number of nitrogens with zero attached hydrogens (tertiary/aromatic N) is 5. The predicted octanol–water partition coefficient (Wildman–Crippen LogP) is 3.96. The summed E-state index contributed by atoms with van der Waals surface area (Å²) in [4.78, 5) is 2.25. The number of fused-ring (bicyclic) bond motifs is 1. The van der Waals surface area contributed by atoms with E-state index in [1.165, 1.54) is 17.7 Å². The van der Waals surface area contributed by atoms with Crippen LogP contribution < -0.4 is 4.90 Å². The number of piperidine rings is 1. The van der Waals surface area contributed by atoms with Crippen LogP contribution in [0.15, 0.2) is 35.9 Å². The first kappa shape index (κ1) is 16.4. The van der Waals surface area contributed by atoms with Crippen molar-refractivity contribution in [2.75, 3.05) is 18.0 Å². The highest BCUT2D eigenvalue weighted by Gasteiger charge is 2.29. The molecule has 3 heterocycles. The van der Waals surface area contributed by atoms with Gasteiger partial charge in [-0.05, 0) is 55.5 Å². The first-order valence-corrected chi connectivity index (χ1v) is 9.29. The van der Waals surface area contributed by atoms with E-state index in [-0.39, 0.29) is 0 Å². The van der Waals surface area contributed by atoms with Crippen LogP contribution in [0.1, 0.15) is 43.0 Å². The number of hydrogen-bond acceptors (Lipinski definition) is 4. The highest BCUT2D eigenvalue weighted by molar-refractivity contribution is 5.55. The molecule has 3 aromatic rings. The van der Waals surface area contributed by atoms with Crippen molar-refractivity contribution < 1.29 is 8.78 Å². The maximum Gasteiger partial charge on any atom is 0.178 e. The number of anilines is 1. The monoisotopic (exact) mass is 367 g/mol. The zero-order valence-corrected chi connectivity index (χ0v) is 14.8. The topological polar surface area (TPSA) is 46.3 Å². The molecule has 0 radical (unpaired) electrons. The molecule has 5 nitrogen and oxygen atoms in total. The second kappa shape index (κ2) is 6.40. The average molecular weight is 367 g/mol. The van der Waals surface area contributed by atoms with Gasteiger partial charge in [0.25, 0.3) is 0 Å². The highest BCUT2D eigenvalue weighted by Crippen LogP contribution is 2.38. The fourth-order valence-electron chi connectivity index (χ4n) is 3.57. The van der Waals surface area contributed by atoms with Gasteiger partial charge in [0, 0.05) is 19.0 Å². The molecule has 1 aliphatic heterocycles. The lowest BCUT2D eigenvalue weighted by molar-refractivity contribution is 0.508. The van der Waals surface area contributed by atoms with E-state index in [0.29, 0.717) is 11.5 Å². The Hall–Kier alpha value is -2.83. The van der Waals surface area contributed by atoms with E-state index in [1.54, 1.807) is 6.07 Å². The molecule has 2 aliphatic rings. The molecule has 1 saturated carbocycles. The molecule has 0 N–H and O–H groups in total. The van der Waals surface area contributed by atoms with Crippen molar-refractivity contribution in [2.45, 2.75) is 31.6 Å². The molecule has 0 atom stereocenters. The van der Waals surface area contributed by atoms with E-state index in [0.717, 1.165) is 56.1 Å². The summed E-state index contributed by atoms with van der Waals surface area (Å²) in [5.41, 5.74) is 2.73. The van der Waals surface area contributed by atoms with Crippen LogP contribution in [-0.4, -0.2) is 32.9 Å². The van der Waals surface area contributed by atoms with Gasteiger partial charge < -0.3 is 4.90 Å². The van der Waals surface area contributed by atoms with Crippen molar-refractivity contribution in [2.24, 2.45) is 0 Å². The van der Waals surface area contributed by atoms with Crippen molar-refractivity contribution in [1.82, 2.24) is 19.8 Å². The van der Waals surface area contributed by atoms with Crippen molar-refractivity contribution in [1.29, 1.82) is 0 Å². The third-order valence-electron chi connectivity index (χ3n) is 5.26. The summed E-state index contributed by atoms with van der Waals surface area (Å²) in [7, 11) is 0. The zero-order valence-electron chi connectivity index (χ0n) is 14.8. The number of aromatic nitrogens is 4. The molecule has 2 fully saturated rings. The zero-order chi connectivity index (χ0) is 18.4. The molecule has 1 aliphatic carbocycles. The summed E-state index contributed by atoms with van der Waals surface area (Å²) < 4.78 is 28.3. The summed E-state index contributed by atoms with van der Waals surface area (Å²) in [5, 5.41) is 13.2. The Balaban J connectivity index is 1.32. The summed E-state index contributed by atoms with van der Waals surface area (Å²) in [6.07, 6.45) is 6.03. The van der Waals surface area contributed by atoms with Crippen LogP contribution in [-0.2, 0) is 0 Å². The van der Waals surface area contributed by atoms with Crippen molar-refractivity contribution in [3.05, 3.63) is 58.9 Å². The van der Waals surface area contributed by atoms with E-state index in [2.05, 4.69) is 15.1 Å². The van der Waals surface area contributed by atoms with Gasteiger partial charge in [-0.2, -0.15) is 4.52 Å². The number of benzene rings is 1. The van der Waals surface area contributed by atoms with Crippen LogP contribution >= 0.6 is 0 Å². The van der Waals surface area contributed by atoms with Gasteiger partial charge in [-0.3, -0.25) is 0 Å². The lowest BCUT2D eigenvalue weighted by Gasteiger charge is -2.29. The van der Waals surface area contributed by atoms with Gasteiger partial charge in [0.15, 0.2) is 23.1 Å². The van der Waals surface area contributed by atoms with Gasteiger partial charge in [0.05, 0.1) is 0 Å². The Bertz CT molecular complexity index is 1030. The quantitative estimate of drug-likeness (QED) is 0.703. The SMILES string of the molecule is Fc1ccc(C=C2CCN(c3ccc4nnc(C5CC5)n4n3)CC2)cc1F. The second-order valence-corrected chi connectivity index (χ2v) is 7.26. The minimum atomic E-state index is -0.812. The van der Waals surface area contributed by atoms with Crippen LogP contribution in [0.2, 0.25) is 0 Å². The lowest BCUT2D eigenvalue weighted by Crippen LogP contribution is -2.31. The van der Waals surface area contributed by atoms with Crippen molar-refractivity contribution >= 4 is 17.5 Å². The third kappa shape index (κ3) is 3.18. The Morgan fingerprint density at radius 3 is 2.52 bits per heavy atom. The van der Waals surface area contributed by atoms with Gasteiger partial charge in [-0.25, -0.2) is 8.78 Å². The normalized spacial score (nSPS) is 17.6. The Kier molecular flexibility index (Phi) is 3.88. The molecule has 0 unspecified atom stereocenters. The molecule has 1 aromatic carbocycles. The number of halogens is 2. The largest absolute Gasteiger partial charge is 0.355 e. The summed E-state index contributed by atoms with van der Waals surface area (Å²) in [5.74, 6) is 0.765. The molecule has 5 rings (SSSR count). The standard InChI is InChI=1S/C20H19F2N5/c21-16-4-1-14(12-17(16)22)11-13-7-9-26(10-8-13)19-6-5-18-23-24-20(15-2-3-15)27(18)25-19/h1,4-6,11-12,15H,2-3,7-10H2. The molecule has 138 valence electrons. The third-order valence-corrected chi connectivity index (χ3v) is 5.26. The number of hydrogen-bond donors (Lipinski definition) is 0. The first-order valence-electron chi connectivity index (χ1n) is 9.29. The lowest BCUT2D eigenvalue weighted by atomic mass is 10.0. The molecule has 0 bridgehead atoms. The van der Waals surface area contributed by atoms with E-state index < -0.39 is 11.6 Å². The smallest absolute Gasteiger partial charge is 0.178 e. The van der Waals surface area contributed by atoms with Crippen LogP contribution in [0.4, 0.5) is 14.6 Å². The fraction of sp³-hybridized carbons (Fsp3) is 0.350. The van der Waals surface area contributed by atoms with Gasteiger partial charge in [0.2, 0.25) is 0 Å². The molecule has 2 aromatic heterocycles. The molecule has 7 heteroatoms. The van der Waals surface area contributed by atoms with Gasteiger partial charge in [0.1, 0.15) is 5.82 Å². The van der Waals surface area contributed by atoms with E-state index in [9.17, 15) is 8.78 Å². The van der Waals surface area contributed by atoms with Crippen LogP contribution in [0.3, 0.4) is 0 Å². The molecule has 1 saturated heterocycles. The van der Waals surface area contributed by atoms with Gasteiger partial charge in [-0.15, -0.1) is 15.3 Å². The van der Waals surface area contributed by atoms with Crippen LogP contribution in [0, 0.1) is 11.6 Å². The van der Waals surface area contributed by atoms with Crippen LogP contribution in [0.25, 0.3) is 11.7 Å². The maximum absolute atomic E-state index is 13.4. The summed E-state index contributed by atoms with van der Waals surface area (Å²) in [6, 6.07) is 7.99. The number of rotatable bonds is 3. The van der Waals surface area contributed by atoms with E-state index >= 15 is 0 Å². The first-order chi connectivity index (χ1) is 13.2. The summed E-state index contributed by atoms with van der Waals surface area (Å²) in [6.45, 7) is 1.68. The fourth-order valence-corrected chi connectivity index (χ4v) is 3.57. The maximum atomic E-state index is 13.4. The Labute approximate surface area is 155 Å². The Morgan fingerprint density at radius 2 is 1.78 bits per heavy atom. The minimum Gasteiger partial charge on any atom is -0.355 e. The second-order valence-electron chi connectivity index (χ2n) is 7.26. The molecule has 0 spiro atoms. The molecular formula is C20H19F2N5. The van der Waals surface area contributed by atoms with Crippen molar-refractivity contribution in [3.8, 4) is 0 Å². The molecule has 27 heavy (non-hydrogen) atoms. The minimum absolute atomic E-state index is 0.495. The van der Waals surface area contributed by atoms with E-state index in [4.69, 9.17) is 5.10 Å². The van der Waals surface area contributed by atoms with Gasteiger partial charge >= 0.3 is 0 Å². The molecular weight excluding hydrogens is 348 g/mol. The highest BCUT2D eigenvalue weighted by atomic mass is 19.2. The average Bonchev–Trinajstić information content (AvgIpc) is 3.44. The molecule has 0 amide bonds. The summed E-state index contributed by atoms with van der Waals surface area (Å²) >= 11 is 0. The van der Waals surface area contributed by atoms with Gasteiger partial charge in [-0.1, -0.05) is 17.7 Å². The van der Waals surface area contributed by atoms with Crippen LogP contribution in [0.5, 0.6) is 0 Å².